The smallest absolute Gasteiger partial charge is 0.253 e. The van der Waals surface area contributed by atoms with E-state index in [0.717, 1.165) is 22.0 Å². The Morgan fingerprint density at radius 2 is 1.67 bits per heavy atom. The van der Waals surface area contributed by atoms with Gasteiger partial charge in [0.15, 0.2) is 11.5 Å². The molecule has 3 aromatic carbocycles. The third-order valence-electron chi connectivity index (χ3n) is 4.84. The number of aromatic nitrogens is 1. The third kappa shape index (κ3) is 2.87. The number of anilines is 1. The number of fused-ring (bicyclic) bond motifs is 3. The average molecular weight is 358 g/mol. The van der Waals surface area contributed by atoms with Gasteiger partial charge in [-0.2, -0.15) is 0 Å². The van der Waals surface area contributed by atoms with Gasteiger partial charge >= 0.3 is 0 Å². The Balaban J connectivity index is 1.49. The van der Waals surface area contributed by atoms with E-state index in [1.807, 2.05) is 42.5 Å². The predicted octanol–water partition coefficient (Wildman–Crippen LogP) is 4.06. The Kier molecular flexibility index (Phi) is 3.71. The largest absolute Gasteiger partial charge is 0.486 e. The van der Waals surface area contributed by atoms with Crippen molar-refractivity contribution in [2.45, 2.75) is 6.54 Å². The van der Waals surface area contributed by atoms with E-state index >= 15 is 0 Å². The molecule has 1 aliphatic heterocycles. The summed E-state index contributed by atoms with van der Waals surface area (Å²) in [6, 6.07) is 20.0. The maximum atomic E-state index is 12.5. The first-order valence-electron chi connectivity index (χ1n) is 8.95. The van der Waals surface area contributed by atoms with Crippen LogP contribution in [-0.4, -0.2) is 18.2 Å². The molecule has 5 heteroatoms. The lowest BCUT2D eigenvalue weighted by molar-refractivity contribution is 0.172. The zero-order valence-electron chi connectivity index (χ0n) is 14.6. The summed E-state index contributed by atoms with van der Waals surface area (Å²) in [6.45, 7) is 1.50. The van der Waals surface area contributed by atoms with Gasteiger partial charge in [-0.3, -0.25) is 4.79 Å². The summed E-state index contributed by atoms with van der Waals surface area (Å²) in [5.74, 6) is 1.39. The molecular formula is C22H18N2O3. The molecule has 5 rings (SSSR count). The molecule has 2 heterocycles. The molecule has 5 nitrogen and oxygen atoms in total. The van der Waals surface area contributed by atoms with Crippen molar-refractivity contribution >= 4 is 27.4 Å². The number of pyridine rings is 1. The Hall–Kier alpha value is -3.47. The van der Waals surface area contributed by atoms with Crippen LogP contribution in [0.2, 0.25) is 0 Å². The van der Waals surface area contributed by atoms with Crippen LogP contribution < -0.4 is 20.3 Å². The van der Waals surface area contributed by atoms with Gasteiger partial charge in [0.25, 0.3) is 5.56 Å². The van der Waals surface area contributed by atoms with Crippen LogP contribution in [0.15, 0.2) is 65.5 Å². The number of nitrogens with one attached hydrogen (secondary N) is 2. The van der Waals surface area contributed by atoms with Crippen molar-refractivity contribution in [2.75, 3.05) is 18.5 Å². The number of benzene rings is 3. The van der Waals surface area contributed by atoms with Crippen molar-refractivity contribution in [3.05, 3.63) is 76.6 Å². The summed E-state index contributed by atoms with van der Waals surface area (Å²) in [5, 5.41) is 6.62. The molecule has 0 fully saturated rings. The maximum Gasteiger partial charge on any atom is 0.253 e. The lowest BCUT2D eigenvalue weighted by Gasteiger charge is -2.19. The predicted molar refractivity (Wildman–Crippen MR) is 107 cm³/mol. The normalized spacial score (nSPS) is 13.0. The minimum Gasteiger partial charge on any atom is -0.486 e. The van der Waals surface area contributed by atoms with E-state index in [-0.39, 0.29) is 5.56 Å². The van der Waals surface area contributed by atoms with Gasteiger partial charge in [0.2, 0.25) is 0 Å². The standard InChI is InChI=1S/C22H18N2O3/c25-22-16(13-23-18-7-3-5-14-4-1-2-6-17(14)18)10-15-11-20-21(12-19(15)24-22)27-9-8-26-20/h1-7,10-12,23H,8-9,13H2,(H,24,25). The second kappa shape index (κ2) is 6.36. The maximum absolute atomic E-state index is 12.5. The molecule has 0 amide bonds. The zero-order valence-corrected chi connectivity index (χ0v) is 14.6. The number of hydrogen-bond acceptors (Lipinski definition) is 4. The highest BCUT2D eigenvalue weighted by molar-refractivity contribution is 5.93. The van der Waals surface area contributed by atoms with Crippen molar-refractivity contribution in [1.29, 1.82) is 0 Å². The minimum absolute atomic E-state index is 0.105. The summed E-state index contributed by atoms with van der Waals surface area (Å²) < 4.78 is 11.2. The second-order valence-corrected chi connectivity index (χ2v) is 6.59. The van der Waals surface area contributed by atoms with Crippen molar-refractivity contribution in [1.82, 2.24) is 4.98 Å². The first-order valence-corrected chi connectivity index (χ1v) is 8.95. The zero-order chi connectivity index (χ0) is 18.2. The van der Waals surface area contributed by atoms with Gasteiger partial charge in [0.1, 0.15) is 13.2 Å². The van der Waals surface area contributed by atoms with Gasteiger partial charge in [0.05, 0.1) is 5.52 Å². The fraction of sp³-hybridized carbons (Fsp3) is 0.136. The lowest BCUT2D eigenvalue weighted by Crippen LogP contribution is -2.17. The molecule has 1 aromatic heterocycles. The van der Waals surface area contributed by atoms with Gasteiger partial charge in [-0.1, -0.05) is 36.4 Å². The molecule has 0 spiro atoms. The molecule has 0 saturated heterocycles. The van der Waals surface area contributed by atoms with Gasteiger partial charge in [0, 0.05) is 34.6 Å². The number of ether oxygens (including phenoxy) is 2. The Labute approximate surface area is 155 Å². The van der Waals surface area contributed by atoms with E-state index in [4.69, 9.17) is 9.47 Å². The fourth-order valence-corrected chi connectivity index (χ4v) is 3.49. The lowest BCUT2D eigenvalue weighted by atomic mass is 10.1. The van der Waals surface area contributed by atoms with Crippen molar-refractivity contribution in [3.8, 4) is 11.5 Å². The molecule has 134 valence electrons. The number of aromatic amines is 1. The first kappa shape index (κ1) is 15.8. The molecule has 0 atom stereocenters. The van der Waals surface area contributed by atoms with Crippen LogP contribution in [-0.2, 0) is 6.54 Å². The van der Waals surface area contributed by atoms with Gasteiger partial charge in [-0.15, -0.1) is 0 Å². The topological polar surface area (TPSA) is 63.4 Å². The molecule has 1 aliphatic rings. The van der Waals surface area contributed by atoms with E-state index in [9.17, 15) is 4.79 Å². The van der Waals surface area contributed by atoms with Crippen LogP contribution in [0.5, 0.6) is 11.5 Å². The van der Waals surface area contributed by atoms with E-state index in [1.54, 1.807) is 0 Å². The van der Waals surface area contributed by atoms with Crippen LogP contribution in [0.4, 0.5) is 5.69 Å². The average Bonchev–Trinajstić information content (AvgIpc) is 2.71. The summed E-state index contributed by atoms with van der Waals surface area (Å²) in [5.41, 5.74) is 2.33. The van der Waals surface area contributed by atoms with Crippen LogP contribution in [0.3, 0.4) is 0 Å². The highest BCUT2D eigenvalue weighted by Crippen LogP contribution is 2.33. The third-order valence-corrected chi connectivity index (χ3v) is 4.84. The summed E-state index contributed by atoms with van der Waals surface area (Å²) in [6.07, 6.45) is 0. The minimum atomic E-state index is -0.105. The van der Waals surface area contributed by atoms with Crippen LogP contribution in [0, 0.1) is 0 Å². The van der Waals surface area contributed by atoms with E-state index < -0.39 is 0 Å². The van der Waals surface area contributed by atoms with Crippen molar-refractivity contribution in [3.63, 3.8) is 0 Å². The summed E-state index contributed by atoms with van der Waals surface area (Å²) >= 11 is 0. The highest BCUT2D eigenvalue weighted by atomic mass is 16.6. The Bertz CT molecular complexity index is 1210. The van der Waals surface area contributed by atoms with E-state index in [0.29, 0.717) is 36.8 Å². The van der Waals surface area contributed by atoms with Crippen molar-refractivity contribution < 1.29 is 9.47 Å². The number of H-pyrrole nitrogens is 1. The van der Waals surface area contributed by atoms with Crippen LogP contribution in [0.1, 0.15) is 5.56 Å². The Morgan fingerprint density at radius 3 is 2.56 bits per heavy atom. The quantitative estimate of drug-likeness (QED) is 0.580. The van der Waals surface area contributed by atoms with Gasteiger partial charge in [-0.05, 0) is 23.6 Å². The highest BCUT2D eigenvalue weighted by Gasteiger charge is 2.14. The van der Waals surface area contributed by atoms with Crippen LogP contribution >= 0.6 is 0 Å². The molecule has 27 heavy (non-hydrogen) atoms. The first-order chi connectivity index (χ1) is 13.3. The summed E-state index contributed by atoms with van der Waals surface area (Å²) in [7, 11) is 0. The van der Waals surface area contributed by atoms with E-state index in [1.165, 1.54) is 5.39 Å². The number of hydrogen-bond donors (Lipinski definition) is 2. The molecular weight excluding hydrogens is 340 g/mol. The molecule has 0 aliphatic carbocycles. The monoisotopic (exact) mass is 358 g/mol. The fourth-order valence-electron chi connectivity index (χ4n) is 3.49. The molecule has 0 unspecified atom stereocenters. The molecule has 0 radical (unpaired) electrons. The van der Waals surface area contributed by atoms with Crippen molar-refractivity contribution in [2.24, 2.45) is 0 Å². The van der Waals surface area contributed by atoms with E-state index in [2.05, 4.69) is 28.5 Å². The SMILES string of the molecule is O=c1[nH]c2cc3c(cc2cc1CNc1cccc2ccccc12)OCCO3. The van der Waals surface area contributed by atoms with Gasteiger partial charge < -0.3 is 19.8 Å². The summed E-state index contributed by atoms with van der Waals surface area (Å²) in [4.78, 5) is 15.5. The molecule has 0 bridgehead atoms. The second-order valence-electron chi connectivity index (χ2n) is 6.59. The molecule has 0 saturated carbocycles. The Morgan fingerprint density at radius 1 is 0.889 bits per heavy atom. The van der Waals surface area contributed by atoms with Crippen LogP contribution in [0.25, 0.3) is 21.7 Å². The molecule has 2 N–H and O–H groups in total. The number of rotatable bonds is 3. The van der Waals surface area contributed by atoms with Gasteiger partial charge in [-0.25, -0.2) is 0 Å². The molecule has 4 aromatic rings.